The lowest BCUT2D eigenvalue weighted by atomic mass is 10.1. The van der Waals surface area contributed by atoms with E-state index in [9.17, 15) is 18.0 Å². The van der Waals surface area contributed by atoms with Crippen LogP contribution in [0.2, 0.25) is 0 Å². The molecule has 0 aromatic heterocycles. The second-order valence-electron chi connectivity index (χ2n) is 3.94. The number of nitrogens with one attached hydrogen (secondary N) is 1. The first-order valence-corrected chi connectivity index (χ1v) is 6.79. The summed E-state index contributed by atoms with van der Waals surface area (Å²) in [6, 6.07) is 1.12. The molecule has 0 spiro atoms. The number of halogens is 3. The van der Waals surface area contributed by atoms with E-state index in [1.54, 1.807) is 13.2 Å². The fourth-order valence-corrected chi connectivity index (χ4v) is 2.14. The van der Waals surface area contributed by atoms with Crippen molar-refractivity contribution in [3.05, 3.63) is 35.1 Å². The molecule has 2 unspecified atom stereocenters. The molecule has 106 valence electrons. The number of aliphatic hydroxyl groups is 1. The van der Waals surface area contributed by atoms with Crippen molar-refractivity contribution >= 4 is 17.7 Å². The van der Waals surface area contributed by atoms with Gasteiger partial charge in [0, 0.05) is 11.3 Å². The van der Waals surface area contributed by atoms with Crippen LogP contribution in [0.5, 0.6) is 0 Å². The minimum Gasteiger partial charge on any atom is -0.395 e. The first-order chi connectivity index (χ1) is 8.92. The number of carbonyl (C=O) groups excluding carboxylic acids is 1. The van der Waals surface area contributed by atoms with Gasteiger partial charge < -0.3 is 10.4 Å². The van der Waals surface area contributed by atoms with Crippen LogP contribution in [0.15, 0.2) is 12.1 Å². The number of benzene rings is 1. The van der Waals surface area contributed by atoms with Crippen LogP contribution >= 0.6 is 11.8 Å². The van der Waals surface area contributed by atoms with E-state index in [0.717, 1.165) is 6.07 Å². The standard InChI is InChI=1S/C12H14F3NO2S/c1-6(9(5-17)19-2)16-12(18)7-3-4-8(13)11(15)10(7)14/h3-4,6,9,17H,5H2,1-2H3,(H,16,18). The van der Waals surface area contributed by atoms with Gasteiger partial charge in [-0.3, -0.25) is 4.79 Å². The molecule has 0 aliphatic heterocycles. The summed E-state index contributed by atoms with van der Waals surface area (Å²) in [5, 5.41) is 11.2. The van der Waals surface area contributed by atoms with Gasteiger partial charge in [0.1, 0.15) is 0 Å². The van der Waals surface area contributed by atoms with Crippen LogP contribution in [0.1, 0.15) is 17.3 Å². The van der Waals surface area contributed by atoms with Crippen LogP contribution in [-0.4, -0.2) is 35.2 Å². The largest absolute Gasteiger partial charge is 0.395 e. The Labute approximate surface area is 113 Å². The highest BCUT2D eigenvalue weighted by molar-refractivity contribution is 7.99. The van der Waals surface area contributed by atoms with Crippen molar-refractivity contribution in [2.75, 3.05) is 12.9 Å². The summed E-state index contributed by atoms with van der Waals surface area (Å²) in [6.45, 7) is 1.47. The third kappa shape index (κ3) is 3.63. The van der Waals surface area contributed by atoms with Gasteiger partial charge >= 0.3 is 0 Å². The lowest BCUT2D eigenvalue weighted by Gasteiger charge is -2.21. The van der Waals surface area contributed by atoms with Crippen molar-refractivity contribution in [2.45, 2.75) is 18.2 Å². The molecule has 0 saturated carbocycles. The Hall–Kier alpha value is -1.21. The Kier molecular flexibility index (Phi) is 5.68. The summed E-state index contributed by atoms with van der Waals surface area (Å²) in [4.78, 5) is 11.7. The number of thioether (sulfide) groups is 1. The second-order valence-corrected chi connectivity index (χ2v) is 5.02. The summed E-state index contributed by atoms with van der Waals surface area (Å²) in [5.74, 6) is -5.39. The number of hydrogen-bond acceptors (Lipinski definition) is 3. The summed E-state index contributed by atoms with van der Waals surface area (Å²) in [5.41, 5.74) is -0.566. The average Bonchev–Trinajstić information content (AvgIpc) is 2.37. The summed E-state index contributed by atoms with van der Waals surface area (Å²) < 4.78 is 39.1. The summed E-state index contributed by atoms with van der Waals surface area (Å²) in [7, 11) is 0. The maximum Gasteiger partial charge on any atom is 0.254 e. The minimum atomic E-state index is -1.68. The minimum absolute atomic E-state index is 0.164. The molecule has 2 atom stereocenters. The quantitative estimate of drug-likeness (QED) is 0.816. The average molecular weight is 293 g/mol. The maximum atomic E-state index is 13.4. The molecule has 0 fully saturated rings. The predicted octanol–water partition coefficient (Wildman–Crippen LogP) is 1.95. The molecule has 0 radical (unpaired) electrons. The molecule has 1 aromatic rings. The fourth-order valence-electron chi connectivity index (χ4n) is 1.52. The van der Waals surface area contributed by atoms with Crippen molar-refractivity contribution in [2.24, 2.45) is 0 Å². The Morgan fingerprint density at radius 2 is 2.00 bits per heavy atom. The molecular formula is C12H14F3NO2S. The van der Waals surface area contributed by atoms with Gasteiger partial charge in [0.15, 0.2) is 17.5 Å². The van der Waals surface area contributed by atoms with Gasteiger partial charge in [-0.05, 0) is 25.3 Å². The normalized spacial score (nSPS) is 14.0. The van der Waals surface area contributed by atoms with Crippen LogP contribution in [0.4, 0.5) is 13.2 Å². The molecule has 1 rings (SSSR count). The molecule has 0 bridgehead atoms. The van der Waals surface area contributed by atoms with Crippen LogP contribution in [0.3, 0.4) is 0 Å². The number of hydrogen-bond donors (Lipinski definition) is 2. The summed E-state index contributed by atoms with van der Waals surface area (Å²) >= 11 is 1.33. The number of amides is 1. The van der Waals surface area contributed by atoms with E-state index in [1.165, 1.54) is 11.8 Å². The highest BCUT2D eigenvalue weighted by atomic mass is 32.2. The van der Waals surface area contributed by atoms with Crippen molar-refractivity contribution in [1.82, 2.24) is 5.32 Å². The van der Waals surface area contributed by atoms with E-state index in [1.807, 2.05) is 0 Å². The molecule has 0 saturated heterocycles. The van der Waals surface area contributed by atoms with Gasteiger partial charge in [0.25, 0.3) is 5.91 Å². The lowest BCUT2D eigenvalue weighted by molar-refractivity contribution is 0.0930. The van der Waals surface area contributed by atoms with E-state index >= 15 is 0 Å². The third-order valence-corrected chi connectivity index (χ3v) is 3.84. The fraction of sp³-hybridized carbons (Fsp3) is 0.417. The molecular weight excluding hydrogens is 279 g/mol. The van der Waals surface area contributed by atoms with E-state index in [-0.39, 0.29) is 11.9 Å². The first kappa shape index (κ1) is 15.8. The van der Waals surface area contributed by atoms with Gasteiger partial charge in [-0.15, -0.1) is 0 Å². The zero-order chi connectivity index (χ0) is 14.6. The highest BCUT2D eigenvalue weighted by Gasteiger charge is 2.22. The molecule has 3 nitrogen and oxygen atoms in total. The highest BCUT2D eigenvalue weighted by Crippen LogP contribution is 2.16. The zero-order valence-electron chi connectivity index (χ0n) is 10.4. The van der Waals surface area contributed by atoms with Crippen molar-refractivity contribution < 1.29 is 23.1 Å². The Morgan fingerprint density at radius 1 is 1.37 bits per heavy atom. The van der Waals surface area contributed by atoms with E-state index in [0.29, 0.717) is 6.07 Å². The van der Waals surface area contributed by atoms with E-state index in [4.69, 9.17) is 5.11 Å². The predicted molar refractivity (Wildman–Crippen MR) is 67.6 cm³/mol. The van der Waals surface area contributed by atoms with Crippen LogP contribution in [0, 0.1) is 17.5 Å². The summed E-state index contributed by atoms with van der Waals surface area (Å²) in [6.07, 6.45) is 1.75. The Bertz CT molecular complexity index is 467. The Morgan fingerprint density at radius 3 is 2.53 bits per heavy atom. The molecule has 1 amide bonds. The van der Waals surface area contributed by atoms with Crippen LogP contribution < -0.4 is 5.32 Å². The monoisotopic (exact) mass is 293 g/mol. The van der Waals surface area contributed by atoms with Crippen molar-refractivity contribution in [1.29, 1.82) is 0 Å². The SMILES string of the molecule is CSC(CO)C(C)NC(=O)c1ccc(F)c(F)c1F. The van der Waals surface area contributed by atoms with Gasteiger partial charge in [-0.2, -0.15) is 11.8 Å². The molecule has 19 heavy (non-hydrogen) atoms. The molecule has 0 aliphatic carbocycles. The molecule has 7 heteroatoms. The third-order valence-electron chi connectivity index (χ3n) is 2.68. The molecule has 2 N–H and O–H groups in total. The number of rotatable bonds is 5. The van der Waals surface area contributed by atoms with Crippen molar-refractivity contribution in [3.63, 3.8) is 0 Å². The molecule has 1 aromatic carbocycles. The number of aliphatic hydroxyl groups excluding tert-OH is 1. The van der Waals surface area contributed by atoms with E-state index in [2.05, 4.69) is 5.32 Å². The van der Waals surface area contributed by atoms with Crippen LogP contribution in [0.25, 0.3) is 0 Å². The smallest absolute Gasteiger partial charge is 0.254 e. The lowest BCUT2D eigenvalue weighted by Crippen LogP contribution is -2.41. The number of carbonyl (C=O) groups is 1. The van der Waals surface area contributed by atoms with E-state index < -0.39 is 35.0 Å². The second kappa shape index (κ2) is 6.81. The van der Waals surface area contributed by atoms with Crippen molar-refractivity contribution in [3.8, 4) is 0 Å². The molecule has 0 heterocycles. The first-order valence-electron chi connectivity index (χ1n) is 5.50. The van der Waals surface area contributed by atoms with Gasteiger partial charge in [-0.25, -0.2) is 13.2 Å². The van der Waals surface area contributed by atoms with Crippen LogP contribution in [-0.2, 0) is 0 Å². The van der Waals surface area contributed by atoms with Gasteiger partial charge in [0.05, 0.1) is 12.2 Å². The zero-order valence-corrected chi connectivity index (χ0v) is 11.2. The Balaban J connectivity index is 2.87. The van der Waals surface area contributed by atoms with Gasteiger partial charge in [-0.1, -0.05) is 0 Å². The van der Waals surface area contributed by atoms with Gasteiger partial charge in [0.2, 0.25) is 0 Å². The maximum absolute atomic E-state index is 13.4. The molecule has 0 aliphatic rings. The topological polar surface area (TPSA) is 49.3 Å².